The fraction of sp³-hybridized carbons (Fsp3) is 0. The number of benzene rings is 2. The highest BCUT2D eigenvalue weighted by Gasteiger charge is 2.36. The minimum absolute atomic E-state index is 0.0923. The number of hydrogen-bond acceptors (Lipinski definition) is 6. The highest BCUT2D eigenvalue weighted by Crippen LogP contribution is 2.39. The second-order valence-electron chi connectivity index (χ2n) is 4.90. The van der Waals surface area contributed by atoms with Crippen molar-refractivity contribution in [1.29, 1.82) is 10.5 Å². The van der Waals surface area contributed by atoms with Gasteiger partial charge >= 0.3 is 0 Å². The third kappa shape index (κ3) is 1.80. The predicted octanol–water partition coefficient (Wildman–Crippen LogP) is 2.02. The van der Waals surface area contributed by atoms with E-state index in [9.17, 15) is 20.1 Å². The van der Waals surface area contributed by atoms with Crippen LogP contribution in [0.25, 0.3) is 0 Å². The average Bonchev–Trinajstić information content (AvgIpc) is 2.53. The predicted molar refractivity (Wildman–Crippen MR) is 83.0 cm³/mol. The monoisotopic (exact) mass is 322 g/mol. The molecule has 0 bridgehead atoms. The second-order valence-corrected chi connectivity index (χ2v) is 5.34. The zero-order valence-electron chi connectivity index (χ0n) is 11.5. The van der Waals surface area contributed by atoms with Crippen LogP contribution in [-0.4, -0.2) is 11.6 Å². The molecule has 1 aliphatic rings. The number of anilines is 2. The van der Waals surface area contributed by atoms with E-state index in [1.165, 1.54) is 18.2 Å². The summed E-state index contributed by atoms with van der Waals surface area (Å²) in [5, 5.41) is 18.7. The molecule has 0 heterocycles. The van der Waals surface area contributed by atoms with Crippen LogP contribution in [0.3, 0.4) is 0 Å². The fourth-order valence-corrected chi connectivity index (χ4v) is 2.84. The molecular formula is C16H7ClN4O2. The number of fused-ring (bicyclic) bond motifs is 2. The molecule has 0 radical (unpaired) electrons. The van der Waals surface area contributed by atoms with Crippen molar-refractivity contribution in [1.82, 2.24) is 0 Å². The number of halogens is 1. The lowest BCUT2D eigenvalue weighted by atomic mass is 9.80. The topological polar surface area (TPSA) is 134 Å². The van der Waals surface area contributed by atoms with Crippen LogP contribution in [0.2, 0.25) is 5.02 Å². The number of carbonyl (C=O) groups excluding carboxylic acids is 2. The molecule has 0 atom stereocenters. The standard InChI is InChI=1S/C16H7ClN4O2/c17-6-1-2-7-8(3-6)16(23)12-11(15(7)22)13(20)9(4-18)10(5-19)14(12)21/h1-3H,20-21H2. The maximum absolute atomic E-state index is 12.7. The molecule has 0 fully saturated rings. The number of nitriles is 2. The summed E-state index contributed by atoms with van der Waals surface area (Å²) < 4.78 is 0. The molecule has 1 aliphatic carbocycles. The van der Waals surface area contributed by atoms with E-state index in [0.717, 1.165) is 0 Å². The Balaban J connectivity index is 2.48. The minimum atomic E-state index is -0.553. The Bertz CT molecular complexity index is 1010. The third-order valence-electron chi connectivity index (χ3n) is 3.73. The largest absolute Gasteiger partial charge is 0.397 e. The van der Waals surface area contributed by atoms with E-state index in [0.29, 0.717) is 0 Å². The Kier molecular flexibility index (Phi) is 3.07. The van der Waals surface area contributed by atoms with Gasteiger partial charge < -0.3 is 11.5 Å². The van der Waals surface area contributed by atoms with Crippen molar-refractivity contribution in [3.05, 3.63) is 56.6 Å². The van der Waals surface area contributed by atoms with E-state index < -0.39 is 11.6 Å². The van der Waals surface area contributed by atoms with Crippen LogP contribution in [0.1, 0.15) is 43.0 Å². The molecule has 0 saturated carbocycles. The minimum Gasteiger partial charge on any atom is -0.397 e. The first kappa shape index (κ1) is 14.6. The number of nitrogen functional groups attached to an aromatic ring is 2. The molecule has 3 rings (SSSR count). The summed E-state index contributed by atoms with van der Waals surface area (Å²) in [6.45, 7) is 0. The molecule has 2 aromatic carbocycles. The van der Waals surface area contributed by atoms with Crippen LogP contribution >= 0.6 is 11.6 Å². The van der Waals surface area contributed by atoms with Crippen LogP contribution in [-0.2, 0) is 0 Å². The lowest BCUT2D eigenvalue weighted by molar-refractivity contribution is 0.0980. The summed E-state index contributed by atoms with van der Waals surface area (Å²) in [5.74, 6) is -1.08. The Morgan fingerprint density at radius 1 is 0.870 bits per heavy atom. The number of ketones is 2. The molecule has 2 aromatic rings. The van der Waals surface area contributed by atoms with Crippen molar-refractivity contribution in [3.8, 4) is 12.1 Å². The highest BCUT2D eigenvalue weighted by atomic mass is 35.5. The number of nitrogens with zero attached hydrogens (tertiary/aromatic N) is 2. The Labute approximate surface area is 135 Å². The molecule has 23 heavy (non-hydrogen) atoms. The number of nitrogens with two attached hydrogens (primary N) is 2. The molecule has 4 N–H and O–H groups in total. The quantitative estimate of drug-likeness (QED) is 0.608. The van der Waals surface area contributed by atoms with E-state index in [4.69, 9.17) is 23.1 Å². The third-order valence-corrected chi connectivity index (χ3v) is 3.96. The average molecular weight is 323 g/mol. The van der Waals surface area contributed by atoms with Crippen LogP contribution in [0.5, 0.6) is 0 Å². The van der Waals surface area contributed by atoms with Gasteiger partial charge in [0, 0.05) is 16.1 Å². The maximum atomic E-state index is 12.7. The Morgan fingerprint density at radius 2 is 1.35 bits per heavy atom. The second kappa shape index (κ2) is 4.84. The molecule has 0 unspecified atom stereocenters. The van der Waals surface area contributed by atoms with Gasteiger partial charge in [-0.15, -0.1) is 0 Å². The Morgan fingerprint density at radius 3 is 1.83 bits per heavy atom. The normalized spacial score (nSPS) is 12.1. The van der Waals surface area contributed by atoms with Crippen molar-refractivity contribution < 1.29 is 9.59 Å². The summed E-state index contributed by atoms with van der Waals surface area (Å²) in [6, 6.07) is 7.78. The van der Waals surface area contributed by atoms with E-state index in [1.54, 1.807) is 12.1 Å². The van der Waals surface area contributed by atoms with Gasteiger partial charge in [0.15, 0.2) is 11.6 Å². The number of rotatable bonds is 0. The van der Waals surface area contributed by atoms with Crippen molar-refractivity contribution in [2.75, 3.05) is 11.5 Å². The molecule has 7 heteroatoms. The van der Waals surface area contributed by atoms with Gasteiger partial charge in [-0.05, 0) is 18.2 Å². The molecule has 0 amide bonds. The maximum Gasteiger partial charge on any atom is 0.196 e. The Hall–Kier alpha value is -3.35. The van der Waals surface area contributed by atoms with Crippen molar-refractivity contribution in [3.63, 3.8) is 0 Å². The van der Waals surface area contributed by atoms with Gasteiger partial charge in [-0.2, -0.15) is 10.5 Å². The van der Waals surface area contributed by atoms with Crippen LogP contribution in [0.4, 0.5) is 11.4 Å². The van der Waals surface area contributed by atoms with Gasteiger partial charge in [0.25, 0.3) is 0 Å². The smallest absolute Gasteiger partial charge is 0.196 e. The molecule has 0 aromatic heterocycles. The van der Waals surface area contributed by atoms with Crippen LogP contribution in [0.15, 0.2) is 18.2 Å². The van der Waals surface area contributed by atoms with Gasteiger partial charge in [-0.3, -0.25) is 9.59 Å². The SMILES string of the molecule is N#Cc1c(N)c2c(c(N)c1C#N)C(=O)c1cc(Cl)ccc1C2=O. The highest BCUT2D eigenvalue weighted by molar-refractivity contribution is 6.35. The summed E-state index contributed by atoms with van der Waals surface area (Å²) in [5.41, 5.74) is 10.8. The van der Waals surface area contributed by atoms with Gasteiger partial charge in [0.1, 0.15) is 12.1 Å². The summed E-state index contributed by atoms with van der Waals surface area (Å²) in [4.78, 5) is 25.4. The molecule has 110 valence electrons. The molecule has 0 spiro atoms. The molecule has 0 aliphatic heterocycles. The molecule has 0 saturated heterocycles. The first-order chi connectivity index (χ1) is 10.9. The summed E-state index contributed by atoms with van der Waals surface area (Å²) in [6.07, 6.45) is 0. The summed E-state index contributed by atoms with van der Waals surface area (Å²) >= 11 is 5.88. The lowest BCUT2D eigenvalue weighted by Crippen LogP contribution is -2.25. The van der Waals surface area contributed by atoms with Gasteiger partial charge in [-0.1, -0.05) is 11.6 Å². The fourth-order valence-electron chi connectivity index (χ4n) is 2.66. The van der Waals surface area contributed by atoms with E-state index in [2.05, 4.69) is 0 Å². The number of hydrogen-bond donors (Lipinski definition) is 2. The number of carbonyl (C=O) groups is 2. The van der Waals surface area contributed by atoms with E-state index in [-0.39, 0.29) is 49.8 Å². The van der Waals surface area contributed by atoms with Crippen LogP contribution < -0.4 is 11.5 Å². The zero-order valence-corrected chi connectivity index (χ0v) is 12.2. The van der Waals surface area contributed by atoms with E-state index >= 15 is 0 Å². The van der Waals surface area contributed by atoms with Crippen molar-refractivity contribution in [2.24, 2.45) is 0 Å². The first-order valence-electron chi connectivity index (χ1n) is 6.36. The van der Waals surface area contributed by atoms with Crippen molar-refractivity contribution in [2.45, 2.75) is 0 Å². The van der Waals surface area contributed by atoms with Gasteiger partial charge in [0.2, 0.25) is 0 Å². The van der Waals surface area contributed by atoms with Gasteiger partial charge in [0.05, 0.1) is 33.6 Å². The zero-order chi connectivity index (χ0) is 16.9. The van der Waals surface area contributed by atoms with Crippen molar-refractivity contribution >= 4 is 34.5 Å². The van der Waals surface area contributed by atoms with Crippen LogP contribution in [0, 0.1) is 22.7 Å². The summed E-state index contributed by atoms with van der Waals surface area (Å²) in [7, 11) is 0. The van der Waals surface area contributed by atoms with E-state index in [1.807, 2.05) is 0 Å². The molecule has 6 nitrogen and oxygen atoms in total. The first-order valence-corrected chi connectivity index (χ1v) is 6.74. The molecular weight excluding hydrogens is 316 g/mol. The van der Waals surface area contributed by atoms with Gasteiger partial charge in [-0.25, -0.2) is 0 Å². The lowest BCUT2D eigenvalue weighted by Gasteiger charge is -2.22.